The van der Waals surface area contributed by atoms with E-state index >= 15 is 0 Å². The van der Waals surface area contributed by atoms with Crippen molar-refractivity contribution in [1.82, 2.24) is 5.32 Å². The first-order valence-corrected chi connectivity index (χ1v) is 8.82. The molecule has 0 radical (unpaired) electrons. The Morgan fingerprint density at radius 2 is 1.61 bits per heavy atom. The van der Waals surface area contributed by atoms with Gasteiger partial charge in [0.25, 0.3) is 5.91 Å². The molecule has 5 nitrogen and oxygen atoms in total. The molecule has 0 aromatic heterocycles. The molecule has 0 saturated heterocycles. The Hall–Kier alpha value is -3.67. The lowest BCUT2D eigenvalue weighted by atomic mass is 10.1. The molecule has 0 aliphatic rings. The van der Waals surface area contributed by atoms with Gasteiger partial charge < -0.3 is 16.0 Å². The fourth-order valence-corrected chi connectivity index (χ4v) is 2.60. The number of halogens is 1. The lowest BCUT2D eigenvalue weighted by Crippen LogP contribution is -2.24. The quantitative estimate of drug-likeness (QED) is 0.586. The van der Waals surface area contributed by atoms with Crippen LogP contribution in [0.25, 0.3) is 0 Å². The molecule has 3 rings (SSSR count). The minimum absolute atomic E-state index is 0.0919. The Morgan fingerprint density at radius 1 is 0.857 bits per heavy atom. The molecular weight excluding hydrogens is 357 g/mol. The average molecular weight is 377 g/mol. The molecule has 28 heavy (non-hydrogen) atoms. The third kappa shape index (κ3) is 5.41. The second-order valence-corrected chi connectivity index (χ2v) is 6.13. The lowest BCUT2D eigenvalue weighted by Gasteiger charge is -2.10. The van der Waals surface area contributed by atoms with Crippen LogP contribution < -0.4 is 16.0 Å². The summed E-state index contributed by atoms with van der Waals surface area (Å²) >= 11 is 0. The van der Waals surface area contributed by atoms with Crippen molar-refractivity contribution in [2.75, 3.05) is 17.2 Å². The van der Waals surface area contributed by atoms with Crippen molar-refractivity contribution < 1.29 is 14.0 Å². The van der Waals surface area contributed by atoms with Crippen LogP contribution in [0.1, 0.15) is 15.9 Å². The zero-order chi connectivity index (χ0) is 19.8. The minimum Gasteiger partial charge on any atom is -0.374 e. The number of amides is 2. The highest BCUT2D eigenvalue weighted by molar-refractivity contribution is 5.98. The molecule has 0 bridgehead atoms. The largest absolute Gasteiger partial charge is 0.374 e. The van der Waals surface area contributed by atoms with E-state index in [2.05, 4.69) is 16.0 Å². The standard InChI is InChI=1S/C22H20FN3O2/c23-19-11-4-5-12-20(19)24-15-21(27)26-18-10-6-9-17(13-18)22(28)25-14-16-7-2-1-3-8-16/h1-13,24H,14-15H2,(H,25,28)(H,26,27). The number of carbonyl (C=O) groups excluding carboxylic acids is 2. The molecule has 3 aromatic carbocycles. The van der Waals surface area contributed by atoms with Gasteiger partial charge in [0.15, 0.2) is 0 Å². The van der Waals surface area contributed by atoms with E-state index < -0.39 is 5.82 Å². The fourth-order valence-electron chi connectivity index (χ4n) is 2.60. The van der Waals surface area contributed by atoms with Gasteiger partial charge in [-0.25, -0.2) is 4.39 Å². The third-order valence-electron chi connectivity index (χ3n) is 4.02. The Balaban J connectivity index is 1.54. The normalized spacial score (nSPS) is 10.2. The van der Waals surface area contributed by atoms with E-state index in [9.17, 15) is 14.0 Å². The molecule has 3 N–H and O–H groups in total. The van der Waals surface area contributed by atoms with Crippen LogP contribution in [0, 0.1) is 5.82 Å². The van der Waals surface area contributed by atoms with Crippen molar-refractivity contribution in [2.24, 2.45) is 0 Å². The number of anilines is 2. The van der Waals surface area contributed by atoms with Crippen LogP contribution in [0.4, 0.5) is 15.8 Å². The zero-order valence-electron chi connectivity index (χ0n) is 15.1. The minimum atomic E-state index is -0.424. The van der Waals surface area contributed by atoms with Gasteiger partial charge in [-0.1, -0.05) is 48.5 Å². The lowest BCUT2D eigenvalue weighted by molar-refractivity contribution is -0.114. The maximum Gasteiger partial charge on any atom is 0.251 e. The van der Waals surface area contributed by atoms with Gasteiger partial charge in [0.2, 0.25) is 5.91 Å². The van der Waals surface area contributed by atoms with E-state index in [1.165, 1.54) is 6.07 Å². The average Bonchev–Trinajstić information content (AvgIpc) is 2.72. The van der Waals surface area contributed by atoms with Crippen molar-refractivity contribution in [1.29, 1.82) is 0 Å². The summed E-state index contributed by atoms with van der Waals surface area (Å²) in [7, 11) is 0. The smallest absolute Gasteiger partial charge is 0.251 e. The highest BCUT2D eigenvalue weighted by Gasteiger charge is 2.09. The maximum atomic E-state index is 13.6. The van der Waals surface area contributed by atoms with Crippen molar-refractivity contribution in [2.45, 2.75) is 6.54 Å². The number of hydrogen-bond donors (Lipinski definition) is 3. The van der Waals surface area contributed by atoms with Gasteiger partial charge in [0.1, 0.15) is 5.82 Å². The molecule has 0 unspecified atom stereocenters. The van der Waals surface area contributed by atoms with Crippen molar-refractivity contribution in [3.63, 3.8) is 0 Å². The Kier molecular flexibility index (Phi) is 6.36. The molecular formula is C22H20FN3O2. The van der Waals surface area contributed by atoms with E-state index in [0.717, 1.165) is 5.56 Å². The number of carbonyl (C=O) groups is 2. The molecule has 0 aliphatic heterocycles. The summed E-state index contributed by atoms with van der Waals surface area (Å²) in [4.78, 5) is 24.4. The SMILES string of the molecule is O=C(CNc1ccccc1F)Nc1cccc(C(=O)NCc2ccccc2)c1. The van der Waals surface area contributed by atoms with Crippen molar-refractivity contribution >= 4 is 23.2 Å². The third-order valence-corrected chi connectivity index (χ3v) is 4.02. The number of nitrogens with one attached hydrogen (secondary N) is 3. The molecule has 0 saturated carbocycles. The molecule has 0 spiro atoms. The topological polar surface area (TPSA) is 70.2 Å². The van der Waals surface area contributed by atoms with Gasteiger partial charge in [-0.05, 0) is 35.9 Å². The van der Waals surface area contributed by atoms with Gasteiger partial charge in [-0.2, -0.15) is 0 Å². The first-order valence-electron chi connectivity index (χ1n) is 8.82. The maximum absolute atomic E-state index is 13.6. The van der Waals surface area contributed by atoms with Crippen LogP contribution in [-0.4, -0.2) is 18.4 Å². The summed E-state index contributed by atoms with van der Waals surface area (Å²) < 4.78 is 13.6. The van der Waals surface area contributed by atoms with Crippen molar-refractivity contribution in [3.05, 3.63) is 95.8 Å². The highest BCUT2D eigenvalue weighted by Crippen LogP contribution is 2.13. The Bertz CT molecular complexity index is 961. The van der Waals surface area contributed by atoms with Crippen LogP contribution in [0.15, 0.2) is 78.9 Å². The number of para-hydroxylation sites is 1. The first kappa shape index (κ1) is 19.1. The summed E-state index contributed by atoms with van der Waals surface area (Å²) in [5.41, 5.74) is 2.19. The Morgan fingerprint density at radius 3 is 2.39 bits per heavy atom. The van der Waals surface area contributed by atoms with Crippen LogP contribution in [0.5, 0.6) is 0 Å². The van der Waals surface area contributed by atoms with Crippen LogP contribution >= 0.6 is 0 Å². The van der Waals surface area contributed by atoms with Gasteiger partial charge in [0.05, 0.1) is 12.2 Å². The zero-order valence-corrected chi connectivity index (χ0v) is 15.1. The second kappa shape index (κ2) is 9.32. The summed E-state index contributed by atoms with van der Waals surface area (Å²) in [5.74, 6) is -0.998. The molecule has 0 heterocycles. The van der Waals surface area contributed by atoms with E-state index in [4.69, 9.17) is 0 Å². The predicted molar refractivity (Wildman–Crippen MR) is 108 cm³/mol. The van der Waals surface area contributed by atoms with E-state index in [0.29, 0.717) is 17.8 Å². The first-order chi connectivity index (χ1) is 13.6. The molecule has 0 aliphatic carbocycles. The van der Waals surface area contributed by atoms with Crippen LogP contribution in [0.3, 0.4) is 0 Å². The van der Waals surface area contributed by atoms with E-state index in [1.54, 1.807) is 42.5 Å². The summed E-state index contributed by atoms with van der Waals surface area (Å²) in [5, 5.41) is 8.28. The monoisotopic (exact) mass is 377 g/mol. The molecule has 142 valence electrons. The van der Waals surface area contributed by atoms with Crippen molar-refractivity contribution in [3.8, 4) is 0 Å². The van der Waals surface area contributed by atoms with Crippen LogP contribution in [0.2, 0.25) is 0 Å². The summed E-state index contributed by atoms with van der Waals surface area (Å²) in [6, 6.07) is 22.4. The van der Waals surface area contributed by atoms with Gasteiger partial charge in [0, 0.05) is 17.8 Å². The number of hydrogen-bond acceptors (Lipinski definition) is 3. The molecule has 2 amide bonds. The molecule has 6 heteroatoms. The summed E-state index contributed by atoms with van der Waals surface area (Å²) in [6.07, 6.45) is 0. The molecule has 0 fully saturated rings. The number of benzene rings is 3. The highest BCUT2D eigenvalue weighted by atomic mass is 19.1. The molecule has 3 aromatic rings. The predicted octanol–water partition coefficient (Wildman–Crippen LogP) is 3.81. The second-order valence-electron chi connectivity index (χ2n) is 6.13. The Labute approximate surface area is 162 Å². The fraction of sp³-hybridized carbons (Fsp3) is 0.0909. The van der Waals surface area contributed by atoms with E-state index in [1.807, 2.05) is 30.3 Å². The van der Waals surface area contributed by atoms with Gasteiger partial charge in [-0.15, -0.1) is 0 Å². The van der Waals surface area contributed by atoms with Gasteiger partial charge in [-0.3, -0.25) is 9.59 Å². The van der Waals surface area contributed by atoms with Gasteiger partial charge >= 0.3 is 0 Å². The summed E-state index contributed by atoms with van der Waals surface area (Å²) in [6.45, 7) is 0.328. The van der Waals surface area contributed by atoms with E-state index in [-0.39, 0.29) is 24.0 Å². The van der Waals surface area contributed by atoms with Crippen LogP contribution in [-0.2, 0) is 11.3 Å². The number of rotatable bonds is 7. The molecule has 0 atom stereocenters.